The highest BCUT2D eigenvalue weighted by Gasteiger charge is 2.32. The molecule has 1 fully saturated rings. The monoisotopic (exact) mass is 278 g/mol. The number of carbonyl (C=O) groups is 1. The van der Waals surface area contributed by atoms with E-state index < -0.39 is 16.8 Å². The summed E-state index contributed by atoms with van der Waals surface area (Å²) >= 11 is 0. The van der Waals surface area contributed by atoms with Gasteiger partial charge in [-0.3, -0.25) is 0 Å². The molecular weight excluding hydrogens is 264 g/mol. The minimum absolute atomic E-state index is 0.171. The van der Waals surface area contributed by atoms with E-state index in [1.807, 2.05) is 6.92 Å². The molecule has 1 saturated heterocycles. The Hall–Kier alpha value is -1.88. The molecule has 1 heterocycles. The van der Waals surface area contributed by atoms with Gasteiger partial charge in [0.25, 0.3) is 0 Å². The highest BCUT2D eigenvalue weighted by atomic mass is 32.2. The van der Waals surface area contributed by atoms with E-state index in [9.17, 15) is 9.00 Å². The summed E-state index contributed by atoms with van der Waals surface area (Å²) in [4.78, 5) is 11.8. The molecule has 1 atom stereocenters. The Balaban J connectivity index is 2.30. The van der Waals surface area contributed by atoms with Crippen LogP contribution in [-0.2, 0) is 20.3 Å². The zero-order chi connectivity index (χ0) is 13.8. The van der Waals surface area contributed by atoms with Crippen molar-refractivity contribution in [3.8, 4) is 5.75 Å². The highest BCUT2D eigenvalue weighted by molar-refractivity contribution is 7.94. The molecule has 1 aromatic rings. The van der Waals surface area contributed by atoms with Crippen LogP contribution in [-0.4, -0.2) is 17.3 Å². The summed E-state index contributed by atoms with van der Waals surface area (Å²) in [6.45, 7) is 1.89. The Morgan fingerprint density at radius 3 is 2.58 bits per heavy atom. The molecule has 1 aliphatic heterocycles. The predicted octanol–water partition coefficient (Wildman–Crippen LogP) is 2.59. The maximum atomic E-state index is 12.0. The maximum Gasteiger partial charge on any atom is 0.353 e. The Labute approximate surface area is 114 Å². The van der Waals surface area contributed by atoms with Crippen molar-refractivity contribution >= 4 is 22.8 Å². The molecule has 1 unspecified atom stereocenters. The lowest BCUT2D eigenvalue weighted by atomic mass is 10.2. The van der Waals surface area contributed by atoms with Crippen LogP contribution < -0.4 is 4.74 Å². The largest absolute Gasteiger partial charge is 0.497 e. The van der Waals surface area contributed by atoms with Gasteiger partial charge in [-0.25, -0.2) is 9.00 Å². The van der Waals surface area contributed by atoms with Gasteiger partial charge in [-0.2, -0.15) is 0 Å². The number of benzene rings is 1. The van der Waals surface area contributed by atoms with E-state index in [0.717, 1.165) is 11.3 Å². The number of hydrogen-bond acceptors (Lipinski definition) is 4. The Morgan fingerprint density at radius 2 is 2.00 bits per heavy atom. The fraction of sp³-hybridized carbons (Fsp3) is 0.214. The summed E-state index contributed by atoms with van der Waals surface area (Å²) in [7, 11) is 0.0652. The van der Waals surface area contributed by atoms with Crippen molar-refractivity contribution in [2.24, 2.45) is 0 Å². The van der Waals surface area contributed by atoms with Gasteiger partial charge in [-0.15, -0.1) is 0 Å². The lowest BCUT2D eigenvalue weighted by Crippen LogP contribution is -1.95. The third-order valence-corrected chi connectivity index (χ3v) is 3.86. The first-order valence-electron chi connectivity index (χ1n) is 5.85. The van der Waals surface area contributed by atoms with Gasteiger partial charge in [0.1, 0.15) is 21.5 Å². The molecule has 4 nitrogen and oxygen atoms in total. The van der Waals surface area contributed by atoms with E-state index >= 15 is 0 Å². The fourth-order valence-electron chi connectivity index (χ4n) is 1.61. The average molecular weight is 278 g/mol. The third kappa shape index (κ3) is 2.93. The maximum absolute atomic E-state index is 12.0. The fourth-order valence-corrected chi connectivity index (χ4v) is 2.73. The van der Waals surface area contributed by atoms with Crippen LogP contribution in [0.4, 0.5) is 0 Å². The van der Waals surface area contributed by atoms with Crippen molar-refractivity contribution in [2.75, 3.05) is 7.11 Å². The van der Waals surface area contributed by atoms with Crippen molar-refractivity contribution < 1.29 is 18.5 Å². The van der Waals surface area contributed by atoms with Gasteiger partial charge in [0.2, 0.25) is 0 Å². The Bertz CT molecular complexity index is 570. The molecule has 0 spiro atoms. The van der Waals surface area contributed by atoms with Crippen molar-refractivity contribution in [3.05, 3.63) is 45.9 Å². The summed E-state index contributed by atoms with van der Waals surface area (Å²) in [5, 5.41) is 0.229. The van der Waals surface area contributed by atoms with Crippen molar-refractivity contribution in [1.29, 1.82) is 0 Å². The average Bonchev–Trinajstić information content (AvgIpc) is 2.68. The normalized spacial score (nSPS) is 22.8. The van der Waals surface area contributed by atoms with E-state index in [2.05, 4.69) is 0 Å². The Morgan fingerprint density at radius 1 is 1.32 bits per heavy atom. The summed E-state index contributed by atoms with van der Waals surface area (Å²) in [6.07, 6.45) is 3.90. The van der Waals surface area contributed by atoms with Crippen LogP contribution >= 0.6 is 0 Å². The van der Waals surface area contributed by atoms with Gasteiger partial charge in [-0.05, 0) is 36.3 Å². The first-order valence-corrected chi connectivity index (χ1v) is 7.00. The van der Waals surface area contributed by atoms with Crippen LogP contribution in [0, 0.1) is 0 Å². The number of allylic oxidation sites excluding steroid dienone is 1. The number of hydrogen-bond donors (Lipinski definition) is 0. The van der Waals surface area contributed by atoms with Gasteiger partial charge in [0.15, 0.2) is 5.09 Å². The quantitative estimate of drug-likeness (QED) is 0.630. The molecule has 0 aliphatic carbocycles. The lowest BCUT2D eigenvalue weighted by molar-refractivity contribution is -0.132. The molecule has 1 aromatic carbocycles. The number of carbonyl (C=O) groups excluding carboxylic acids is 1. The second kappa shape index (κ2) is 5.84. The zero-order valence-corrected chi connectivity index (χ0v) is 11.5. The zero-order valence-electron chi connectivity index (χ0n) is 10.7. The van der Waals surface area contributed by atoms with Crippen LogP contribution in [0.25, 0.3) is 6.08 Å². The molecule has 0 amide bonds. The third-order valence-electron chi connectivity index (χ3n) is 2.56. The molecule has 0 bridgehead atoms. The number of esters is 1. The van der Waals surface area contributed by atoms with Gasteiger partial charge in [-0.1, -0.05) is 19.1 Å². The van der Waals surface area contributed by atoms with E-state index in [-0.39, 0.29) is 10.00 Å². The van der Waals surface area contributed by atoms with Crippen LogP contribution in [0.5, 0.6) is 5.75 Å². The van der Waals surface area contributed by atoms with E-state index in [0.29, 0.717) is 6.42 Å². The molecule has 0 radical (unpaired) electrons. The molecule has 0 saturated carbocycles. The summed E-state index contributed by atoms with van der Waals surface area (Å²) < 4.78 is 22.1. The molecule has 19 heavy (non-hydrogen) atoms. The number of cyclic esters (lactones) is 1. The molecule has 2 rings (SSSR count). The molecule has 100 valence electrons. The minimum Gasteiger partial charge on any atom is -0.497 e. The number of ether oxygens (including phenoxy) is 2. The van der Waals surface area contributed by atoms with Crippen LogP contribution in [0.1, 0.15) is 18.9 Å². The smallest absolute Gasteiger partial charge is 0.353 e. The lowest BCUT2D eigenvalue weighted by Gasteiger charge is -1.99. The molecule has 1 aliphatic rings. The SMILES string of the molecule is CC/C=C1/OC(=O)/C(=C/c2ccc(OC)cc2)S1=O. The van der Waals surface area contributed by atoms with Crippen LogP contribution in [0.2, 0.25) is 0 Å². The van der Waals surface area contributed by atoms with Gasteiger partial charge < -0.3 is 9.47 Å². The van der Waals surface area contributed by atoms with Gasteiger partial charge in [0.05, 0.1) is 7.11 Å². The number of rotatable bonds is 3. The van der Waals surface area contributed by atoms with Gasteiger partial charge in [0, 0.05) is 0 Å². The molecule has 5 heteroatoms. The second-order valence-electron chi connectivity index (χ2n) is 3.87. The summed E-state index contributed by atoms with van der Waals surface area (Å²) in [5.74, 6) is 0.178. The number of methoxy groups -OCH3 is 1. The molecular formula is C14H14O4S. The highest BCUT2D eigenvalue weighted by Crippen LogP contribution is 2.27. The molecule has 0 N–H and O–H groups in total. The topological polar surface area (TPSA) is 52.6 Å². The van der Waals surface area contributed by atoms with Crippen LogP contribution in [0.15, 0.2) is 40.3 Å². The van der Waals surface area contributed by atoms with E-state index in [1.165, 1.54) is 0 Å². The summed E-state index contributed by atoms with van der Waals surface area (Å²) in [5.41, 5.74) is 0.777. The van der Waals surface area contributed by atoms with E-state index in [1.54, 1.807) is 43.5 Å². The second-order valence-corrected chi connectivity index (χ2v) is 5.25. The van der Waals surface area contributed by atoms with Gasteiger partial charge >= 0.3 is 5.97 Å². The first kappa shape index (κ1) is 13.5. The van der Waals surface area contributed by atoms with Crippen molar-refractivity contribution in [2.45, 2.75) is 13.3 Å². The first-order chi connectivity index (χ1) is 9.15. The standard InChI is InChI=1S/C14H14O4S/c1-3-4-13-18-14(15)12(19(13)16)9-10-5-7-11(17-2)8-6-10/h4-9H,3H2,1-2H3/b12-9-,13-4-. The minimum atomic E-state index is -1.52. The summed E-state index contributed by atoms with van der Waals surface area (Å²) in [6, 6.07) is 7.13. The van der Waals surface area contributed by atoms with E-state index in [4.69, 9.17) is 9.47 Å². The van der Waals surface area contributed by atoms with Crippen molar-refractivity contribution in [3.63, 3.8) is 0 Å². The Kier molecular flexibility index (Phi) is 4.16. The van der Waals surface area contributed by atoms with Crippen molar-refractivity contribution in [1.82, 2.24) is 0 Å². The molecule has 0 aromatic heterocycles. The predicted molar refractivity (Wildman–Crippen MR) is 73.6 cm³/mol. The van der Waals surface area contributed by atoms with Crippen LogP contribution in [0.3, 0.4) is 0 Å².